The molecule has 29 heavy (non-hydrogen) atoms. The highest BCUT2D eigenvalue weighted by Crippen LogP contribution is 2.33. The summed E-state index contributed by atoms with van der Waals surface area (Å²) < 4.78 is 20.8. The molecule has 9 nitrogen and oxygen atoms in total. The predicted molar refractivity (Wildman–Crippen MR) is 101 cm³/mol. The van der Waals surface area contributed by atoms with Crippen LogP contribution in [0, 0.1) is 6.92 Å². The third kappa shape index (κ3) is 3.91. The molecule has 10 heteroatoms. The monoisotopic (exact) mass is 418 g/mol. The molecule has 0 bridgehead atoms. The maximum absolute atomic E-state index is 12.9. The summed E-state index contributed by atoms with van der Waals surface area (Å²) in [7, 11) is 1.56. The molecule has 4 rings (SSSR count). The van der Waals surface area contributed by atoms with Gasteiger partial charge in [-0.1, -0.05) is 27.1 Å². The second kappa shape index (κ2) is 8.12. The summed E-state index contributed by atoms with van der Waals surface area (Å²) in [6.07, 6.45) is 1.66. The first-order valence-corrected chi connectivity index (χ1v) is 9.46. The number of nitrogens with zero attached hydrogens (tertiary/aromatic N) is 4. The molecule has 3 aromatic rings. The Morgan fingerprint density at radius 1 is 1.31 bits per heavy atom. The molecule has 152 valence electrons. The highest BCUT2D eigenvalue weighted by molar-refractivity contribution is 6.32. The molecule has 1 amide bonds. The number of aryl methyl sites for hydroxylation is 1. The molecule has 1 aliphatic heterocycles. The minimum absolute atomic E-state index is 0.0854. The molecule has 0 radical (unpaired) electrons. The van der Waals surface area contributed by atoms with E-state index in [1.165, 1.54) is 0 Å². The Kier molecular flexibility index (Phi) is 5.39. The Bertz CT molecular complexity index is 1020. The van der Waals surface area contributed by atoms with Crippen LogP contribution in [0.3, 0.4) is 0 Å². The number of carbonyl (C=O) groups is 1. The number of halogens is 1. The second-order valence-electron chi connectivity index (χ2n) is 6.65. The van der Waals surface area contributed by atoms with Gasteiger partial charge in [0, 0.05) is 18.7 Å². The number of hydrogen-bond acceptors (Lipinski definition) is 8. The van der Waals surface area contributed by atoms with E-state index < -0.39 is 0 Å². The van der Waals surface area contributed by atoms with Crippen molar-refractivity contribution in [3.8, 4) is 11.5 Å². The van der Waals surface area contributed by atoms with Crippen LogP contribution in [0.2, 0.25) is 5.02 Å². The summed E-state index contributed by atoms with van der Waals surface area (Å²) in [6.45, 7) is 2.50. The Morgan fingerprint density at radius 3 is 2.90 bits per heavy atom. The summed E-state index contributed by atoms with van der Waals surface area (Å²) in [5, 5.41) is 12.1. The second-order valence-corrected chi connectivity index (χ2v) is 7.06. The van der Waals surface area contributed by atoms with Gasteiger partial charge >= 0.3 is 0 Å². The van der Waals surface area contributed by atoms with Crippen LogP contribution in [0.15, 0.2) is 33.4 Å². The minimum atomic E-state index is -0.229. The first-order chi connectivity index (χ1) is 14.1. The first-order valence-electron chi connectivity index (χ1n) is 9.08. The third-order valence-corrected chi connectivity index (χ3v) is 5.10. The third-order valence-electron chi connectivity index (χ3n) is 4.80. The van der Waals surface area contributed by atoms with Gasteiger partial charge in [0.15, 0.2) is 11.5 Å². The van der Waals surface area contributed by atoms with Crippen LogP contribution in [-0.2, 0) is 6.61 Å². The topological polar surface area (TPSA) is 104 Å². The van der Waals surface area contributed by atoms with Crippen molar-refractivity contribution in [2.24, 2.45) is 0 Å². The molecule has 1 saturated heterocycles. The van der Waals surface area contributed by atoms with Crippen LogP contribution in [-0.4, -0.2) is 39.9 Å². The van der Waals surface area contributed by atoms with E-state index in [-0.39, 0.29) is 24.2 Å². The van der Waals surface area contributed by atoms with Gasteiger partial charge in [-0.2, -0.15) is 0 Å². The molecule has 0 saturated carbocycles. The Hall–Kier alpha value is -3.07. The molecule has 2 aromatic heterocycles. The summed E-state index contributed by atoms with van der Waals surface area (Å²) in [4.78, 5) is 14.6. The van der Waals surface area contributed by atoms with Gasteiger partial charge in [-0.15, -0.1) is 0 Å². The first kappa shape index (κ1) is 19.3. The van der Waals surface area contributed by atoms with Crippen molar-refractivity contribution >= 4 is 17.5 Å². The van der Waals surface area contributed by atoms with E-state index >= 15 is 0 Å². The quantitative estimate of drug-likeness (QED) is 0.598. The van der Waals surface area contributed by atoms with Crippen LogP contribution in [0.25, 0.3) is 0 Å². The molecule has 1 atom stereocenters. The van der Waals surface area contributed by atoms with Gasteiger partial charge in [0.05, 0.1) is 18.2 Å². The molecule has 1 aromatic carbocycles. The SMILES string of the molecule is COc1ccc(OCc2cc(C(=O)N3CCCC3c3nonc3C)no2)c(Cl)c1. The van der Waals surface area contributed by atoms with E-state index in [4.69, 9.17) is 30.2 Å². The zero-order chi connectivity index (χ0) is 20.4. The van der Waals surface area contributed by atoms with Gasteiger partial charge in [-0.3, -0.25) is 4.79 Å². The van der Waals surface area contributed by atoms with Gasteiger partial charge in [0.1, 0.15) is 29.5 Å². The number of aromatic nitrogens is 3. The van der Waals surface area contributed by atoms with E-state index in [0.717, 1.165) is 12.8 Å². The highest BCUT2D eigenvalue weighted by atomic mass is 35.5. The smallest absolute Gasteiger partial charge is 0.276 e. The molecule has 0 N–H and O–H groups in total. The predicted octanol–water partition coefficient (Wildman–Crippen LogP) is 3.58. The fourth-order valence-electron chi connectivity index (χ4n) is 3.34. The molecule has 1 unspecified atom stereocenters. The van der Waals surface area contributed by atoms with Crippen LogP contribution >= 0.6 is 11.6 Å². The summed E-state index contributed by atoms with van der Waals surface area (Å²) >= 11 is 6.16. The summed E-state index contributed by atoms with van der Waals surface area (Å²) in [5.74, 6) is 1.29. The van der Waals surface area contributed by atoms with Crippen molar-refractivity contribution < 1.29 is 23.4 Å². The molecule has 3 heterocycles. The van der Waals surface area contributed by atoms with Gasteiger partial charge < -0.3 is 18.9 Å². The molecule has 0 spiro atoms. The van der Waals surface area contributed by atoms with Gasteiger partial charge in [0.2, 0.25) is 0 Å². The molecule has 1 aliphatic rings. The van der Waals surface area contributed by atoms with Gasteiger partial charge in [0.25, 0.3) is 5.91 Å². The fraction of sp³-hybridized carbons (Fsp3) is 0.368. The lowest BCUT2D eigenvalue weighted by Gasteiger charge is -2.21. The number of methoxy groups -OCH3 is 1. The maximum atomic E-state index is 12.9. The Balaban J connectivity index is 1.43. The Morgan fingerprint density at radius 2 is 2.17 bits per heavy atom. The summed E-state index contributed by atoms with van der Waals surface area (Å²) in [5.41, 5.74) is 1.57. The number of ether oxygens (including phenoxy) is 2. The zero-order valence-electron chi connectivity index (χ0n) is 15.9. The number of carbonyl (C=O) groups excluding carboxylic acids is 1. The van der Waals surface area contributed by atoms with Crippen molar-refractivity contribution in [2.75, 3.05) is 13.7 Å². The average Bonchev–Trinajstić information content (AvgIpc) is 3.46. The van der Waals surface area contributed by atoms with Crippen molar-refractivity contribution in [1.29, 1.82) is 0 Å². The lowest BCUT2D eigenvalue weighted by molar-refractivity contribution is 0.0719. The van der Waals surface area contributed by atoms with Crippen molar-refractivity contribution in [3.05, 3.63) is 52.1 Å². The molecule has 1 fully saturated rings. The normalized spacial score (nSPS) is 16.2. The molecular weight excluding hydrogens is 400 g/mol. The highest BCUT2D eigenvalue weighted by Gasteiger charge is 2.35. The van der Waals surface area contributed by atoms with Crippen LogP contribution in [0.1, 0.15) is 46.5 Å². The van der Waals surface area contributed by atoms with E-state index in [1.807, 2.05) is 6.92 Å². The maximum Gasteiger partial charge on any atom is 0.276 e. The lowest BCUT2D eigenvalue weighted by Crippen LogP contribution is -2.31. The van der Waals surface area contributed by atoms with Crippen molar-refractivity contribution in [2.45, 2.75) is 32.4 Å². The van der Waals surface area contributed by atoms with Crippen LogP contribution < -0.4 is 9.47 Å². The number of hydrogen-bond donors (Lipinski definition) is 0. The van der Waals surface area contributed by atoms with Gasteiger partial charge in [-0.25, -0.2) is 4.63 Å². The standard InChI is InChI=1S/C19H19ClN4O5/c1-11-18(23-29-21-11)16-4-3-7-24(16)19(25)15-9-13(28-22-15)10-27-17-6-5-12(26-2)8-14(17)20/h5-6,8-9,16H,3-4,7,10H2,1-2H3. The Labute approximate surface area is 171 Å². The zero-order valence-corrected chi connectivity index (χ0v) is 16.7. The van der Waals surface area contributed by atoms with Crippen molar-refractivity contribution in [1.82, 2.24) is 20.4 Å². The minimum Gasteiger partial charge on any atom is -0.497 e. The molecule has 0 aliphatic carbocycles. The van der Waals surface area contributed by atoms with Gasteiger partial charge in [-0.05, 0) is 31.9 Å². The summed E-state index contributed by atoms with van der Waals surface area (Å²) in [6, 6.07) is 6.49. The number of amides is 1. The van der Waals surface area contributed by atoms with Crippen LogP contribution in [0.5, 0.6) is 11.5 Å². The van der Waals surface area contributed by atoms with E-state index in [0.29, 0.717) is 40.2 Å². The number of benzene rings is 1. The average molecular weight is 419 g/mol. The fourth-order valence-corrected chi connectivity index (χ4v) is 3.56. The lowest BCUT2D eigenvalue weighted by atomic mass is 10.1. The van der Waals surface area contributed by atoms with E-state index in [2.05, 4.69) is 15.5 Å². The number of rotatable bonds is 6. The van der Waals surface area contributed by atoms with Crippen LogP contribution in [0.4, 0.5) is 0 Å². The van der Waals surface area contributed by atoms with E-state index in [1.54, 1.807) is 36.3 Å². The van der Waals surface area contributed by atoms with Crippen molar-refractivity contribution in [3.63, 3.8) is 0 Å². The van der Waals surface area contributed by atoms with E-state index in [9.17, 15) is 4.79 Å². The largest absolute Gasteiger partial charge is 0.497 e. The molecular formula is C19H19ClN4O5. The number of likely N-dealkylation sites (tertiary alicyclic amines) is 1.